The maximum absolute atomic E-state index is 12.9. The molecule has 0 N–H and O–H groups in total. The van der Waals surface area contributed by atoms with Crippen LogP contribution in [0.1, 0.15) is 45.1 Å². The van der Waals surface area contributed by atoms with E-state index >= 15 is 0 Å². The molecule has 3 rings (SSSR count). The Morgan fingerprint density at radius 1 is 1.27 bits per heavy atom. The van der Waals surface area contributed by atoms with Crippen molar-refractivity contribution in [2.45, 2.75) is 63.0 Å². The largest absolute Gasteiger partial charge is 0.488 e. The van der Waals surface area contributed by atoms with Crippen LogP contribution in [-0.4, -0.2) is 53.1 Å². The highest BCUT2D eigenvalue weighted by atomic mass is 32.2. The van der Waals surface area contributed by atoms with Gasteiger partial charge in [0.2, 0.25) is 0 Å². The molecule has 1 aromatic carbocycles. The lowest BCUT2D eigenvalue weighted by Gasteiger charge is -2.48. The van der Waals surface area contributed by atoms with Crippen molar-refractivity contribution in [1.29, 1.82) is 0 Å². The molecule has 2 fully saturated rings. The molecule has 146 valence electrons. The summed E-state index contributed by atoms with van der Waals surface area (Å²) in [6.45, 7) is 6.62. The Kier molecular flexibility index (Phi) is 6.72. The van der Waals surface area contributed by atoms with Gasteiger partial charge in [-0.2, -0.15) is 0 Å². The Balaban J connectivity index is 1.63. The van der Waals surface area contributed by atoms with Gasteiger partial charge in [-0.05, 0) is 43.4 Å². The minimum absolute atomic E-state index is 0.0269. The van der Waals surface area contributed by atoms with Crippen LogP contribution in [0.3, 0.4) is 0 Å². The van der Waals surface area contributed by atoms with Gasteiger partial charge in [-0.1, -0.05) is 26.0 Å². The van der Waals surface area contributed by atoms with E-state index in [1.54, 1.807) is 7.11 Å². The molecule has 0 aromatic heterocycles. The number of benzene rings is 1. The predicted molar refractivity (Wildman–Crippen MR) is 104 cm³/mol. The summed E-state index contributed by atoms with van der Waals surface area (Å²) in [5.41, 5.74) is 1.07. The molecule has 0 saturated carbocycles. The van der Waals surface area contributed by atoms with Crippen molar-refractivity contribution in [3.8, 4) is 5.75 Å². The first kappa shape index (κ1) is 19.8. The van der Waals surface area contributed by atoms with Gasteiger partial charge in [0.1, 0.15) is 11.9 Å². The van der Waals surface area contributed by atoms with Crippen molar-refractivity contribution in [1.82, 2.24) is 4.31 Å². The minimum atomic E-state index is -1.02. The zero-order chi connectivity index (χ0) is 18.6. The molecule has 2 saturated heterocycles. The number of ether oxygens (including phenoxy) is 3. The Morgan fingerprint density at radius 3 is 2.65 bits per heavy atom. The third kappa shape index (κ3) is 4.14. The highest BCUT2D eigenvalue weighted by Crippen LogP contribution is 2.39. The van der Waals surface area contributed by atoms with Crippen LogP contribution in [-0.2, 0) is 26.2 Å². The Labute approximate surface area is 159 Å². The lowest BCUT2D eigenvalue weighted by Crippen LogP contribution is -2.60. The summed E-state index contributed by atoms with van der Waals surface area (Å²) >= 11 is 0. The van der Waals surface area contributed by atoms with E-state index in [4.69, 9.17) is 14.2 Å². The zero-order valence-corrected chi connectivity index (χ0v) is 16.9. The number of methoxy groups -OCH3 is 1. The molecule has 0 amide bonds. The van der Waals surface area contributed by atoms with Gasteiger partial charge in [0.05, 0.1) is 35.0 Å². The first-order chi connectivity index (χ1) is 12.6. The highest BCUT2D eigenvalue weighted by Gasteiger charge is 2.50. The van der Waals surface area contributed by atoms with E-state index in [1.165, 1.54) is 0 Å². The molecule has 1 aromatic rings. The molecule has 4 unspecified atom stereocenters. The number of hydrogen-bond donors (Lipinski definition) is 0. The molecule has 1 spiro atoms. The maximum atomic E-state index is 12.9. The Bertz CT molecular complexity index is 614. The van der Waals surface area contributed by atoms with Crippen molar-refractivity contribution in [3.63, 3.8) is 0 Å². The first-order valence-electron chi connectivity index (χ1n) is 9.64. The third-order valence-corrected chi connectivity index (χ3v) is 7.28. The number of hydrogen-bond acceptors (Lipinski definition) is 4. The fraction of sp³-hybridized carbons (Fsp3) is 0.700. The van der Waals surface area contributed by atoms with Gasteiger partial charge in [0, 0.05) is 20.3 Å². The van der Waals surface area contributed by atoms with E-state index in [9.17, 15) is 4.21 Å². The van der Waals surface area contributed by atoms with E-state index in [2.05, 4.69) is 18.2 Å². The number of nitrogens with zero attached hydrogens (tertiary/aromatic N) is 1. The normalized spacial score (nSPS) is 26.4. The molecule has 2 aliphatic heterocycles. The van der Waals surface area contributed by atoms with Crippen LogP contribution >= 0.6 is 0 Å². The molecule has 4 atom stereocenters. The molecule has 2 aliphatic rings. The lowest BCUT2D eigenvalue weighted by molar-refractivity contribution is -0.00154. The van der Waals surface area contributed by atoms with Crippen LogP contribution in [0.25, 0.3) is 0 Å². The maximum Gasteiger partial charge on any atom is 0.124 e. The van der Waals surface area contributed by atoms with Crippen LogP contribution in [0.15, 0.2) is 24.3 Å². The monoisotopic (exact) mass is 381 g/mol. The van der Waals surface area contributed by atoms with Gasteiger partial charge in [-0.25, -0.2) is 8.51 Å². The summed E-state index contributed by atoms with van der Waals surface area (Å²) in [7, 11) is 0.712. The minimum Gasteiger partial charge on any atom is -0.488 e. The fourth-order valence-electron chi connectivity index (χ4n) is 3.93. The van der Waals surface area contributed by atoms with Gasteiger partial charge in [-0.15, -0.1) is 0 Å². The first-order valence-corrected chi connectivity index (χ1v) is 10.9. The number of rotatable bonds is 9. The second-order valence-corrected chi connectivity index (χ2v) is 8.61. The lowest BCUT2D eigenvalue weighted by atomic mass is 9.87. The molecule has 6 heteroatoms. The van der Waals surface area contributed by atoms with E-state index < -0.39 is 11.0 Å². The standard InChI is InChI=1S/C20H31NO4S/c1-4-18(23-3)19(5-2)25-17-8-6-7-16(13-17)14-26(22)21-11-9-20(21)10-12-24-15-20/h6-8,13,18-19H,4-5,9-12,14-15H2,1-3H3. The van der Waals surface area contributed by atoms with Gasteiger partial charge < -0.3 is 14.2 Å². The van der Waals surface area contributed by atoms with E-state index in [0.717, 1.165) is 56.8 Å². The van der Waals surface area contributed by atoms with E-state index in [0.29, 0.717) is 5.75 Å². The second kappa shape index (κ2) is 8.83. The van der Waals surface area contributed by atoms with Crippen molar-refractivity contribution in [3.05, 3.63) is 29.8 Å². The van der Waals surface area contributed by atoms with Gasteiger partial charge in [0.25, 0.3) is 0 Å². The average molecular weight is 382 g/mol. The molecular formula is C20H31NO4S. The van der Waals surface area contributed by atoms with Crippen molar-refractivity contribution in [2.24, 2.45) is 0 Å². The summed E-state index contributed by atoms with van der Waals surface area (Å²) in [5, 5.41) is 0. The summed E-state index contributed by atoms with van der Waals surface area (Å²) in [4.78, 5) is 0. The topological polar surface area (TPSA) is 48.0 Å². The smallest absolute Gasteiger partial charge is 0.124 e. The fourth-order valence-corrected chi connectivity index (χ4v) is 5.52. The van der Waals surface area contributed by atoms with Crippen LogP contribution in [0.5, 0.6) is 5.75 Å². The molecule has 0 aliphatic carbocycles. The predicted octanol–water partition coefficient (Wildman–Crippen LogP) is 3.30. The second-order valence-electron chi connectivity index (χ2n) is 7.24. The van der Waals surface area contributed by atoms with Crippen molar-refractivity contribution >= 4 is 11.0 Å². The van der Waals surface area contributed by atoms with Crippen molar-refractivity contribution in [2.75, 3.05) is 26.9 Å². The third-order valence-electron chi connectivity index (χ3n) is 5.64. The zero-order valence-electron chi connectivity index (χ0n) is 16.1. The summed E-state index contributed by atoms with van der Waals surface area (Å²) in [6.07, 6.45) is 4.00. The van der Waals surface area contributed by atoms with E-state index in [-0.39, 0.29) is 17.7 Å². The molecule has 26 heavy (non-hydrogen) atoms. The summed E-state index contributed by atoms with van der Waals surface area (Å²) < 4.78 is 32.2. The van der Waals surface area contributed by atoms with Gasteiger partial charge >= 0.3 is 0 Å². The molecule has 5 nitrogen and oxygen atoms in total. The molecule has 2 heterocycles. The molecule has 0 bridgehead atoms. The average Bonchev–Trinajstić information content (AvgIpc) is 3.13. The quantitative estimate of drug-likeness (QED) is 0.659. The van der Waals surface area contributed by atoms with Gasteiger partial charge in [-0.3, -0.25) is 0 Å². The molecule has 0 radical (unpaired) electrons. The molecular weight excluding hydrogens is 350 g/mol. The SMILES string of the molecule is CCC(OC)C(CC)Oc1cccc(CS(=O)N2CCC23CCOC3)c1. The summed E-state index contributed by atoms with van der Waals surface area (Å²) in [6, 6.07) is 7.98. The Hall–Kier alpha value is -0.950. The van der Waals surface area contributed by atoms with Crippen LogP contribution in [0.2, 0.25) is 0 Å². The summed E-state index contributed by atoms with van der Waals surface area (Å²) in [5.74, 6) is 1.35. The van der Waals surface area contributed by atoms with E-state index in [1.807, 2.05) is 24.3 Å². The van der Waals surface area contributed by atoms with Crippen molar-refractivity contribution < 1.29 is 18.4 Å². The van der Waals surface area contributed by atoms with Crippen LogP contribution < -0.4 is 4.74 Å². The van der Waals surface area contributed by atoms with Crippen LogP contribution in [0.4, 0.5) is 0 Å². The Morgan fingerprint density at radius 2 is 2.08 bits per heavy atom. The van der Waals surface area contributed by atoms with Gasteiger partial charge in [0.15, 0.2) is 0 Å². The highest BCUT2D eigenvalue weighted by molar-refractivity contribution is 7.81. The van der Waals surface area contributed by atoms with Crippen LogP contribution in [0, 0.1) is 0 Å².